The van der Waals surface area contributed by atoms with Crippen LogP contribution >= 0.6 is 0 Å². The Morgan fingerprint density at radius 2 is 2.41 bits per heavy atom. The van der Waals surface area contributed by atoms with E-state index in [-0.39, 0.29) is 6.04 Å². The molecular weight excluding hydrogens is 216 g/mol. The summed E-state index contributed by atoms with van der Waals surface area (Å²) >= 11 is 0. The van der Waals surface area contributed by atoms with Gasteiger partial charge in [0.25, 0.3) is 5.78 Å². The van der Waals surface area contributed by atoms with Crippen LogP contribution in [0.4, 0.5) is 5.82 Å². The van der Waals surface area contributed by atoms with E-state index in [1.807, 2.05) is 0 Å². The van der Waals surface area contributed by atoms with E-state index in [9.17, 15) is 0 Å². The van der Waals surface area contributed by atoms with Crippen LogP contribution in [0.2, 0.25) is 0 Å². The second kappa shape index (κ2) is 3.96. The number of aromatic nitrogens is 4. The summed E-state index contributed by atoms with van der Waals surface area (Å²) in [4.78, 5) is 10.9. The fourth-order valence-corrected chi connectivity index (χ4v) is 2.25. The van der Waals surface area contributed by atoms with Crippen molar-refractivity contribution in [3.05, 3.63) is 18.1 Å². The Bertz CT molecular complexity index is 534. The molecule has 1 atom stereocenters. The number of rotatable bonds is 2. The smallest absolute Gasteiger partial charge is 0.254 e. The van der Waals surface area contributed by atoms with Crippen LogP contribution in [0.5, 0.6) is 0 Å². The molecule has 3 rings (SSSR count). The van der Waals surface area contributed by atoms with Gasteiger partial charge in [-0.3, -0.25) is 0 Å². The maximum Gasteiger partial charge on any atom is 0.254 e. The van der Waals surface area contributed by atoms with Crippen molar-refractivity contribution in [2.45, 2.75) is 25.8 Å². The van der Waals surface area contributed by atoms with Crippen LogP contribution < -0.4 is 10.6 Å². The van der Waals surface area contributed by atoms with Crippen LogP contribution in [-0.2, 0) is 6.42 Å². The Kier molecular flexibility index (Phi) is 2.44. The van der Waals surface area contributed by atoms with E-state index < -0.39 is 0 Å². The Balaban J connectivity index is 2.10. The van der Waals surface area contributed by atoms with Gasteiger partial charge >= 0.3 is 0 Å². The minimum atomic E-state index is 0.256. The van der Waals surface area contributed by atoms with Crippen LogP contribution in [-0.4, -0.2) is 38.7 Å². The predicted octanol–water partition coefficient (Wildman–Crippen LogP) is 0.224. The molecule has 3 heterocycles. The largest absolute Gasteiger partial charge is 0.355 e. The summed E-state index contributed by atoms with van der Waals surface area (Å²) in [6.45, 7) is 3.94. The fraction of sp³-hybridized carbons (Fsp3) is 0.545. The number of nitrogens with zero attached hydrogens (tertiary/aromatic N) is 5. The first kappa shape index (κ1) is 10.5. The molecular formula is C11H16N6. The lowest BCUT2D eigenvalue weighted by Gasteiger charge is -2.19. The standard InChI is InChI=1S/C11H16N6/c1-2-9-5-10(16-4-3-8(12)6-16)17-11(15-9)13-7-14-17/h5,7-8H,2-4,6,12H2,1H3. The van der Waals surface area contributed by atoms with Crippen molar-refractivity contribution < 1.29 is 0 Å². The highest BCUT2D eigenvalue weighted by molar-refractivity contribution is 5.48. The van der Waals surface area contributed by atoms with Gasteiger partial charge in [0.1, 0.15) is 12.1 Å². The van der Waals surface area contributed by atoms with Gasteiger partial charge in [-0.25, -0.2) is 4.98 Å². The molecule has 6 heteroatoms. The number of anilines is 1. The molecule has 1 fully saturated rings. The molecule has 0 bridgehead atoms. The summed E-state index contributed by atoms with van der Waals surface area (Å²) < 4.78 is 1.79. The third-order valence-corrected chi connectivity index (χ3v) is 3.20. The van der Waals surface area contributed by atoms with Gasteiger partial charge in [-0.2, -0.15) is 14.6 Å². The van der Waals surface area contributed by atoms with Crippen molar-refractivity contribution >= 4 is 11.6 Å². The molecule has 0 amide bonds. The molecule has 1 unspecified atom stereocenters. The minimum absolute atomic E-state index is 0.256. The van der Waals surface area contributed by atoms with Crippen LogP contribution in [0.1, 0.15) is 19.0 Å². The first-order chi connectivity index (χ1) is 8.28. The molecule has 90 valence electrons. The molecule has 0 saturated carbocycles. The van der Waals surface area contributed by atoms with E-state index in [2.05, 4.69) is 33.0 Å². The molecule has 2 aromatic heterocycles. The number of nitrogens with two attached hydrogens (primary N) is 1. The summed E-state index contributed by atoms with van der Waals surface area (Å²) in [5, 5.41) is 4.22. The molecule has 0 spiro atoms. The molecule has 0 radical (unpaired) electrons. The third kappa shape index (κ3) is 1.74. The van der Waals surface area contributed by atoms with E-state index >= 15 is 0 Å². The molecule has 0 aliphatic carbocycles. The second-order valence-electron chi connectivity index (χ2n) is 4.43. The van der Waals surface area contributed by atoms with Crippen LogP contribution in [0.3, 0.4) is 0 Å². The van der Waals surface area contributed by atoms with Gasteiger partial charge in [0, 0.05) is 30.9 Å². The second-order valence-corrected chi connectivity index (χ2v) is 4.43. The molecule has 1 aliphatic heterocycles. The van der Waals surface area contributed by atoms with Crippen molar-refractivity contribution in [1.82, 2.24) is 19.6 Å². The normalized spacial score (nSPS) is 20.4. The number of hydrogen-bond acceptors (Lipinski definition) is 5. The van der Waals surface area contributed by atoms with Crippen LogP contribution in [0.25, 0.3) is 5.78 Å². The zero-order chi connectivity index (χ0) is 11.8. The Hall–Kier alpha value is -1.69. The van der Waals surface area contributed by atoms with E-state index in [1.165, 1.54) is 0 Å². The van der Waals surface area contributed by atoms with Gasteiger partial charge in [0.2, 0.25) is 0 Å². The quantitative estimate of drug-likeness (QED) is 0.802. The van der Waals surface area contributed by atoms with Gasteiger partial charge in [-0.05, 0) is 12.8 Å². The fourth-order valence-electron chi connectivity index (χ4n) is 2.25. The summed E-state index contributed by atoms with van der Waals surface area (Å²) in [5.74, 6) is 1.72. The molecule has 6 nitrogen and oxygen atoms in total. The van der Waals surface area contributed by atoms with Gasteiger partial charge in [0.15, 0.2) is 0 Å². The summed E-state index contributed by atoms with van der Waals surface area (Å²) in [6.07, 6.45) is 3.47. The van der Waals surface area contributed by atoms with E-state index in [4.69, 9.17) is 5.73 Å². The van der Waals surface area contributed by atoms with Gasteiger partial charge in [-0.15, -0.1) is 0 Å². The Morgan fingerprint density at radius 3 is 3.12 bits per heavy atom. The number of aryl methyl sites for hydroxylation is 1. The first-order valence-electron chi connectivity index (χ1n) is 5.98. The predicted molar refractivity (Wildman–Crippen MR) is 65.0 cm³/mol. The van der Waals surface area contributed by atoms with E-state index in [0.29, 0.717) is 5.78 Å². The Labute approximate surface area is 99.5 Å². The topological polar surface area (TPSA) is 72.3 Å². The molecule has 2 aromatic rings. The minimum Gasteiger partial charge on any atom is -0.355 e. The lowest BCUT2D eigenvalue weighted by atomic mass is 10.3. The summed E-state index contributed by atoms with van der Waals surface area (Å²) in [5.41, 5.74) is 6.99. The Morgan fingerprint density at radius 1 is 1.53 bits per heavy atom. The van der Waals surface area contributed by atoms with Gasteiger partial charge in [-0.1, -0.05) is 6.92 Å². The van der Waals surface area contributed by atoms with Gasteiger partial charge in [0.05, 0.1) is 0 Å². The zero-order valence-corrected chi connectivity index (χ0v) is 9.87. The van der Waals surface area contributed by atoms with Crippen molar-refractivity contribution in [2.24, 2.45) is 5.73 Å². The van der Waals surface area contributed by atoms with Crippen LogP contribution in [0, 0.1) is 0 Å². The number of hydrogen-bond donors (Lipinski definition) is 1. The zero-order valence-electron chi connectivity index (χ0n) is 9.87. The SMILES string of the molecule is CCc1cc(N2CCC(N)C2)n2ncnc2n1. The highest BCUT2D eigenvalue weighted by Crippen LogP contribution is 2.20. The maximum absolute atomic E-state index is 5.95. The molecule has 17 heavy (non-hydrogen) atoms. The maximum atomic E-state index is 5.95. The molecule has 1 saturated heterocycles. The summed E-state index contributed by atoms with van der Waals surface area (Å²) in [6, 6.07) is 2.34. The lowest BCUT2D eigenvalue weighted by Crippen LogP contribution is -2.28. The average molecular weight is 232 g/mol. The van der Waals surface area contributed by atoms with Crippen LogP contribution in [0.15, 0.2) is 12.4 Å². The van der Waals surface area contributed by atoms with Crippen molar-refractivity contribution in [3.63, 3.8) is 0 Å². The van der Waals surface area contributed by atoms with Gasteiger partial charge < -0.3 is 10.6 Å². The third-order valence-electron chi connectivity index (χ3n) is 3.20. The molecule has 1 aliphatic rings. The molecule has 0 aromatic carbocycles. The highest BCUT2D eigenvalue weighted by Gasteiger charge is 2.22. The van der Waals surface area contributed by atoms with Crippen molar-refractivity contribution in [3.8, 4) is 0 Å². The van der Waals surface area contributed by atoms with E-state index in [0.717, 1.165) is 37.4 Å². The summed E-state index contributed by atoms with van der Waals surface area (Å²) in [7, 11) is 0. The van der Waals surface area contributed by atoms with Crippen molar-refractivity contribution in [2.75, 3.05) is 18.0 Å². The number of fused-ring (bicyclic) bond motifs is 1. The lowest BCUT2D eigenvalue weighted by molar-refractivity contribution is 0.749. The molecule has 2 N–H and O–H groups in total. The first-order valence-corrected chi connectivity index (χ1v) is 5.98. The average Bonchev–Trinajstić information content (AvgIpc) is 2.95. The highest BCUT2D eigenvalue weighted by atomic mass is 15.4. The monoisotopic (exact) mass is 232 g/mol. The van der Waals surface area contributed by atoms with E-state index in [1.54, 1.807) is 10.8 Å². The van der Waals surface area contributed by atoms with Crippen molar-refractivity contribution in [1.29, 1.82) is 0 Å².